The van der Waals surface area contributed by atoms with E-state index in [0.717, 1.165) is 30.5 Å². The smallest absolute Gasteiger partial charge is 0.139 e. The van der Waals surface area contributed by atoms with Gasteiger partial charge in [-0.05, 0) is 31.2 Å². The molecule has 0 aromatic heterocycles. The predicted molar refractivity (Wildman–Crippen MR) is 85.7 cm³/mol. The first kappa shape index (κ1) is 16.1. The molecule has 3 atom stereocenters. The molecule has 0 amide bonds. The lowest BCUT2D eigenvalue weighted by Crippen LogP contribution is -2.61. The lowest BCUT2D eigenvalue weighted by molar-refractivity contribution is -0.107. The zero-order chi connectivity index (χ0) is 14.5. The van der Waals surface area contributed by atoms with Crippen molar-refractivity contribution in [1.29, 1.82) is 0 Å². The maximum absolute atomic E-state index is 6.17. The highest BCUT2D eigenvalue weighted by Gasteiger charge is 2.43. The van der Waals surface area contributed by atoms with E-state index in [-0.39, 0.29) is 12.2 Å². The van der Waals surface area contributed by atoms with Gasteiger partial charge in [0.15, 0.2) is 0 Å². The van der Waals surface area contributed by atoms with Crippen molar-refractivity contribution in [3.63, 3.8) is 0 Å². The summed E-state index contributed by atoms with van der Waals surface area (Å²) >= 11 is 9.61. The molecule has 0 saturated heterocycles. The molecule has 1 aliphatic rings. The molecule has 3 nitrogen and oxygen atoms in total. The van der Waals surface area contributed by atoms with Crippen molar-refractivity contribution in [2.45, 2.75) is 44.9 Å². The highest BCUT2D eigenvalue weighted by Crippen LogP contribution is 2.34. The van der Waals surface area contributed by atoms with Crippen molar-refractivity contribution in [2.24, 2.45) is 0 Å². The third-order valence-corrected chi connectivity index (χ3v) is 4.21. The van der Waals surface area contributed by atoms with Gasteiger partial charge in [0.1, 0.15) is 18.0 Å². The van der Waals surface area contributed by atoms with Crippen molar-refractivity contribution in [3.8, 4) is 5.75 Å². The van der Waals surface area contributed by atoms with Crippen LogP contribution in [0.25, 0.3) is 0 Å². The standard InChI is InChI=1S/C15H21BrClNO2/c1-3-7-19-15-12(18-4-2)9-14(15)20-13-8-10(16)5-6-11(13)17/h5-6,8,12,14-15,18H,3-4,7,9H2,1-2H3. The lowest BCUT2D eigenvalue weighted by atomic mass is 9.85. The molecule has 0 bridgehead atoms. The Balaban J connectivity index is 1.99. The van der Waals surface area contributed by atoms with Crippen LogP contribution >= 0.6 is 27.5 Å². The molecule has 1 N–H and O–H groups in total. The fourth-order valence-electron chi connectivity index (χ4n) is 2.37. The minimum Gasteiger partial charge on any atom is -0.486 e. The van der Waals surface area contributed by atoms with Crippen molar-refractivity contribution < 1.29 is 9.47 Å². The molecule has 112 valence electrons. The van der Waals surface area contributed by atoms with Crippen LogP contribution in [0.5, 0.6) is 5.75 Å². The summed E-state index contributed by atoms with van der Waals surface area (Å²) in [5.74, 6) is 0.714. The van der Waals surface area contributed by atoms with E-state index in [2.05, 4.69) is 35.1 Å². The zero-order valence-electron chi connectivity index (χ0n) is 11.9. The van der Waals surface area contributed by atoms with Crippen molar-refractivity contribution >= 4 is 27.5 Å². The minimum atomic E-state index is 0.0670. The van der Waals surface area contributed by atoms with E-state index in [1.54, 1.807) is 0 Å². The number of ether oxygens (including phenoxy) is 2. The molecule has 0 spiro atoms. The second kappa shape index (κ2) is 7.64. The first-order valence-electron chi connectivity index (χ1n) is 7.12. The molecule has 1 aliphatic carbocycles. The van der Waals surface area contributed by atoms with Gasteiger partial charge in [-0.2, -0.15) is 0 Å². The molecule has 0 aliphatic heterocycles. The molecular weight excluding hydrogens is 342 g/mol. The second-order valence-electron chi connectivity index (χ2n) is 4.97. The maximum atomic E-state index is 6.17. The van der Waals surface area contributed by atoms with E-state index < -0.39 is 0 Å². The third kappa shape index (κ3) is 3.88. The normalized spacial score (nSPS) is 25.3. The Hall–Kier alpha value is -0.290. The molecule has 1 saturated carbocycles. The number of likely N-dealkylation sites (N-methyl/N-ethyl adjacent to an activating group) is 1. The van der Waals surface area contributed by atoms with Crippen LogP contribution in [0.1, 0.15) is 26.7 Å². The number of hydrogen-bond donors (Lipinski definition) is 1. The van der Waals surface area contributed by atoms with Crippen LogP contribution in [0.3, 0.4) is 0 Å². The van der Waals surface area contributed by atoms with Crippen LogP contribution in [0.2, 0.25) is 5.02 Å². The summed E-state index contributed by atoms with van der Waals surface area (Å²) < 4.78 is 12.9. The molecule has 1 fully saturated rings. The van der Waals surface area contributed by atoms with E-state index in [4.69, 9.17) is 21.1 Å². The molecule has 1 aromatic rings. The third-order valence-electron chi connectivity index (χ3n) is 3.40. The Morgan fingerprint density at radius 1 is 1.40 bits per heavy atom. The predicted octanol–water partition coefficient (Wildman–Crippen LogP) is 4.03. The lowest BCUT2D eigenvalue weighted by Gasteiger charge is -2.44. The van der Waals surface area contributed by atoms with Gasteiger partial charge in [-0.3, -0.25) is 0 Å². The van der Waals surface area contributed by atoms with E-state index in [1.807, 2.05) is 18.2 Å². The van der Waals surface area contributed by atoms with Crippen LogP contribution in [-0.2, 0) is 4.74 Å². The Morgan fingerprint density at radius 3 is 2.90 bits per heavy atom. The molecule has 0 radical (unpaired) electrons. The summed E-state index contributed by atoms with van der Waals surface area (Å²) in [4.78, 5) is 0. The van der Waals surface area contributed by atoms with Gasteiger partial charge in [-0.1, -0.05) is 41.4 Å². The number of halogens is 2. The van der Waals surface area contributed by atoms with E-state index in [9.17, 15) is 0 Å². The summed E-state index contributed by atoms with van der Waals surface area (Å²) in [5.41, 5.74) is 0. The molecule has 0 heterocycles. The monoisotopic (exact) mass is 361 g/mol. The molecule has 3 unspecified atom stereocenters. The Kier molecular flexibility index (Phi) is 6.15. The SMILES string of the molecule is CCCOC1C(NCC)CC1Oc1cc(Br)ccc1Cl. The minimum absolute atomic E-state index is 0.0670. The number of benzene rings is 1. The largest absolute Gasteiger partial charge is 0.486 e. The molecule has 2 rings (SSSR count). The van der Waals surface area contributed by atoms with Crippen LogP contribution in [0.15, 0.2) is 22.7 Å². The first-order valence-corrected chi connectivity index (χ1v) is 8.29. The molecule has 1 aromatic carbocycles. The summed E-state index contributed by atoms with van der Waals surface area (Å²) in [5, 5.41) is 4.07. The molecular formula is C15H21BrClNO2. The summed E-state index contributed by atoms with van der Waals surface area (Å²) in [6.07, 6.45) is 2.13. The average molecular weight is 363 g/mol. The zero-order valence-corrected chi connectivity index (χ0v) is 14.2. The average Bonchev–Trinajstić information content (AvgIpc) is 2.41. The first-order chi connectivity index (χ1) is 9.65. The number of hydrogen-bond acceptors (Lipinski definition) is 3. The van der Waals surface area contributed by atoms with Gasteiger partial charge < -0.3 is 14.8 Å². The number of nitrogens with one attached hydrogen (secondary N) is 1. The van der Waals surface area contributed by atoms with Gasteiger partial charge in [0.25, 0.3) is 0 Å². The summed E-state index contributed by atoms with van der Waals surface area (Å²) in [7, 11) is 0. The fraction of sp³-hybridized carbons (Fsp3) is 0.600. The van der Waals surface area contributed by atoms with Crippen LogP contribution in [-0.4, -0.2) is 31.4 Å². The fourth-order valence-corrected chi connectivity index (χ4v) is 2.87. The topological polar surface area (TPSA) is 30.5 Å². The van der Waals surface area contributed by atoms with Crippen LogP contribution in [0, 0.1) is 0 Å². The van der Waals surface area contributed by atoms with Gasteiger partial charge >= 0.3 is 0 Å². The van der Waals surface area contributed by atoms with Gasteiger partial charge in [0, 0.05) is 23.5 Å². The Bertz CT molecular complexity index is 444. The summed E-state index contributed by atoms with van der Waals surface area (Å²) in [6.45, 7) is 5.93. The van der Waals surface area contributed by atoms with Crippen LogP contribution < -0.4 is 10.1 Å². The maximum Gasteiger partial charge on any atom is 0.139 e. The molecule has 5 heteroatoms. The Morgan fingerprint density at radius 2 is 2.20 bits per heavy atom. The van der Waals surface area contributed by atoms with Crippen molar-refractivity contribution in [2.75, 3.05) is 13.2 Å². The van der Waals surface area contributed by atoms with Gasteiger partial charge in [0.2, 0.25) is 0 Å². The van der Waals surface area contributed by atoms with E-state index in [1.165, 1.54) is 0 Å². The van der Waals surface area contributed by atoms with Gasteiger partial charge in [-0.25, -0.2) is 0 Å². The van der Waals surface area contributed by atoms with Crippen molar-refractivity contribution in [3.05, 3.63) is 27.7 Å². The van der Waals surface area contributed by atoms with Crippen molar-refractivity contribution in [1.82, 2.24) is 5.32 Å². The summed E-state index contributed by atoms with van der Waals surface area (Å²) in [6, 6.07) is 6.02. The van der Waals surface area contributed by atoms with Gasteiger partial charge in [0.05, 0.1) is 5.02 Å². The van der Waals surface area contributed by atoms with E-state index >= 15 is 0 Å². The van der Waals surface area contributed by atoms with Crippen LogP contribution in [0.4, 0.5) is 0 Å². The second-order valence-corrected chi connectivity index (χ2v) is 6.29. The van der Waals surface area contributed by atoms with Gasteiger partial charge in [-0.15, -0.1) is 0 Å². The molecule has 20 heavy (non-hydrogen) atoms. The highest BCUT2D eigenvalue weighted by atomic mass is 79.9. The number of rotatable bonds is 7. The highest BCUT2D eigenvalue weighted by molar-refractivity contribution is 9.10. The Labute approximate surface area is 134 Å². The van der Waals surface area contributed by atoms with E-state index in [0.29, 0.717) is 16.8 Å². The quantitative estimate of drug-likeness (QED) is 0.794.